The van der Waals surface area contributed by atoms with E-state index in [9.17, 15) is 4.79 Å². The molecule has 4 nitrogen and oxygen atoms in total. The first-order valence-electron chi connectivity index (χ1n) is 3.22. The molecule has 0 bridgehead atoms. The first kappa shape index (κ1) is 9.39. The van der Waals surface area contributed by atoms with Gasteiger partial charge in [-0.25, -0.2) is 0 Å². The van der Waals surface area contributed by atoms with E-state index in [1.807, 2.05) is 0 Å². The highest BCUT2D eigenvalue weighted by molar-refractivity contribution is 5.84. The predicted octanol–water partition coefficient (Wildman–Crippen LogP) is -1.04. The van der Waals surface area contributed by atoms with E-state index in [-0.39, 0.29) is 0 Å². The molecule has 0 aliphatic rings. The molecule has 0 aliphatic heterocycles. The van der Waals surface area contributed by atoms with Crippen LogP contribution in [0, 0.1) is 0 Å². The number of hydrogen-bond donors (Lipinski definition) is 3. The lowest BCUT2D eigenvalue weighted by Gasteiger charge is -2.26. The minimum absolute atomic E-state index is 0.347. The SMILES string of the molecule is CCC(N)(C(N)=O)C(C)O. The molecule has 0 aromatic heterocycles. The maximum absolute atomic E-state index is 10.6. The molecule has 0 radical (unpaired) electrons. The van der Waals surface area contributed by atoms with Crippen LogP contribution in [0.4, 0.5) is 0 Å². The number of amides is 1. The van der Waals surface area contributed by atoms with Crippen molar-refractivity contribution in [3.8, 4) is 0 Å². The number of nitrogens with two attached hydrogens (primary N) is 2. The lowest BCUT2D eigenvalue weighted by molar-refractivity contribution is -0.126. The maximum Gasteiger partial charge on any atom is 0.240 e. The third-order valence-corrected chi connectivity index (χ3v) is 1.79. The van der Waals surface area contributed by atoms with Gasteiger partial charge in [0.25, 0.3) is 0 Å². The molecule has 10 heavy (non-hydrogen) atoms. The summed E-state index contributed by atoms with van der Waals surface area (Å²) < 4.78 is 0. The molecule has 5 N–H and O–H groups in total. The molecule has 0 saturated carbocycles. The third kappa shape index (κ3) is 1.46. The van der Waals surface area contributed by atoms with E-state index in [0.717, 1.165) is 0 Å². The highest BCUT2D eigenvalue weighted by Gasteiger charge is 2.34. The third-order valence-electron chi connectivity index (χ3n) is 1.79. The second-order valence-corrected chi connectivity index (χ2v) is 2.43. The molecule has 2 unspecified atom stereocenters. The van der Waals surface area contributed by atoms with Gasteiger partial charge in [-0.15, -0.1) is 0 Å². The summed E-state index contributed by atoms with van der Waals surface area (Å²) in [6, 6.07) is 0. The van der Waals surface area contributed by atoms with E-state index in [4.69, 9.17) is 16.6 Å². The highest BCUT2D eigenvalue weighted by Crippen LogP contribution is 2.10. The Morgan fingerprint density at radius 2 is 2.20 bits per heavy atom. The Hall–Kier alpha value is -0.610. The standard InChI is InChI=1S/C6H14N2O2/c1-3-6(8,4(2)9)5(7)10/h4,9H,3,8H2,1-2H3,(H2,7,10). The lowest BCUT2D eigenvalue weighted by atomic mass is 9.91. The molecule has 2 atom stereocenters. The summed E-state index contributed by atoms with van der Waals surface area (Å²) in [5, 5.41) is 9.02. The molecule has 0 aromatic rings. The predicted molar refractivity (Wildman–Crippen MR) is 38.1 cm³/mol. The van der Waals surface area contributed by atoms with Gasteiger partial charge in [0.1, 0.15) is 5.54 Å². The van der Waals surface area contributed by atoms with Crippen LogP contribution in [0.25, 0.3) is 0 Å². The Balaban J connectivity index is 4.38. The molecular formula is C6H14N2O2. The van der Waals surface area contributed by atoms with Crippen molar-refractivity contribution in [1.29, 1.82) is 0 Å². The first-order valence-corrected chi connectivity index (χ1v) is 3.22. The van der Waals surface area contributed by atoms with E-state index >= 15 is 0 Å². The monoisotopic (exact) mass is 146 g/mol. The molecule has 60 valence electrons. The topological polar surface area (TPSA) is 89.3 Å². The Kier molecular flexibility index (Phi) is 2.80. The summed E-state index contributed by atoms with van der Waals surface area (Å²) in [5.74, 6) is -0.662. The largest absolute Gasteiger partial charge is 0.391 e. The zero-order valence-electron chi connectivity index (χ0n) is 6.29. The van der Waals surface area contributed by atoms with Crippen LogP contribution in [0.15, 0.2) is 0 Å². The summed E-state index contributed by atoms with van der Waals surface area (Å²) in [7, 11) is 0. The van der Waals surface area contributed by atoms with Gasteiger partial charge in [-0.1, -0.05) is 6.92 Å². The molecule has 0 aliphatic carbocycles. The second-order valence-electron chi connectivity index (χ2n) is 2.43. The summed E-state index contributed by atoms with van der Waals surface area (Å²) >= 11 is 0. The average molecular weight is 146 g/mol. The van der Waals surface area contributed by atoms with Gasteiger partial charge in [-0.2, -0.15) is 0 Å². The van der Waals surface area contributed by atoms with Crippen LogP contribution in [0.3, 0.4) is 0 Å². The number of primary amides is 1. The maximum atomic E-state index is 10.6. The molecule has 0 spiro atoms. The Labute approximate surface area is 60.2 Å². The van der Waals surface area contributed by atoms with Crippen LogP contribution in [-0.4, -0.2) is 22.7 Å². The van der Waals surface area contributed by atoms with Crippen molar-refractivity contribution in [1.82, 2.24) is 0 Å². The van der Waals surface area contributed by atoms with Crippen LogP contribution in [0.5, 0.6) is 0 Å². The van der Waals surface area contributed by atoms with Gasteiger partial charge in [0.2, 0.25) is 5.91 Å². The van der Waals surface area contributed by atoms with Gasteiger partial charge in [-0.3, -0.25) is 4.79 Å². The van der Waals surface area contributed by atoms with E-state index in [1.54, 1.807) is 6.92 Å². The minimum Gasteiger partial charge on any atom is -0.391 e. The first-order chi connectivity index (χ1) is 4.45. The van der Waals surface area contributed by atoms with Crippen molar-refractivity contribution in [2.24, 2.45) is 11.5 Å². The van der Waals surface area contributed by atoms with Crippen molar-refractivity contribution in [3.63, 3.8) is 0 Å². The Morgan fingerprint density at radius 3 is 2.20 bits per heavy atom. The number of carbonyl (C=O) groups is 1. The fourth-order valence-corrected chi connectivity index (χ4v) is 0.676. The number of rotatable bonds is 3. The number of aliphatic hydroxyl groups is 1. The van der Waals surface area contributed by atoms with Crippen LogP contribution in [0.2, 0.25) is 0 Å². The summed E-state index contributed by atoms with van der Waals surface area (Å²) in [4.78, 5) is 10.6. The zero-order chi connectivity index (χ0) is 8.36. The van der Waals surface area contributed by atoms with Crippen LogP contribution in [0.1, 0.15) is 20.3 Å². The minimum atomic E-state index is -1.26. The molecule has 0 aromatic carbocycles. The Morgan fingerprint density at radius 1 is 1.80 bits per heavy atom. The summed E-state index contributed by atoms with van der Waals surface area (Å²) in [6.45, 7) is 3.16. The van der Waals surface area contributed by atoms with Gasteiger partial charge >= 0.3 is 0 Å². The van der Waals surface area contributed by atoms with Crippen LogP contribution < -0.4 is 11.5 Å². The molecule has 4 heteroatoms. The van der Waals surface area contributed by atoms with Crippen molar-refractivity contribution in [2.75, 3.05) is 0 Å². The molecule has 0 rings (SSSR count). The van der Waals surface area contributed by atoms with Crippen molar-refractivity contribution in [2.45, 2.75) is 31.9 Å². The molecular weight excluding hydrogens is 132 g/mol. The van der Waals surface area contributed by atoms with Gasteiger partial charge < -0.3 is 16.6 Å². The second kappa shape index (κ2) is 2.98. The molecule has 0 fully saturated rings. The van der Waals surface area contributed by atoms with Crippen molar-refractivity contribution < 1.29 is 9.90 Å². The summed E-state index contributed by atoms with van der Waals surface area (Å²) in [5.41, 5.74) is 9.15. The fourth-order valence-electron chi connectivity index (χ4n) is 0.676. The highest BCUT2D eigenvalue weighted by atomic mass is 16.3. The Bertz CT molecular complexity index is 136. The molecule has 0 saturated heterocycles. The molecule has 0 heterocycles. The average Bonchev–Trinajstić information content (AvgIpc) is 1.85. The smallest absolute Gasteiger partial charge is 0.240 e. The fraction of sp³-hybridized carbons (Fsp3) is 0.833. The normalized spacial score (nSPS) is 19.6. The van der Waals surface area contributed by atoms with Gasteiger partial charge in [-0.05, 0) is 13.3 Å². The number of hydrogen-bond acceptors (Lipinski definition) is 3. The van der Waals surface area contributed by atoms with E-state index < -0.39 is 17.6 Å². The van der Waals surface area contributed by atoms with Gasteiger partial charge in [0.15, 0.2) is 0 Å². The van der Waals surface area contributed by atoms with Crippen LogP contribution in [-0.2, 0) is 4.79 Å². The van der Waals surface area contributed by atoms with Gasteiger partial charge in [0, 0.05) is 0 Å². The van der Waals surface area contributed by atoms with Crippen molar-refractivity contribution in [3.05, 3.63) is 0 Å². The van der Waals surface area contributed by atoms with Crippen LogP contribution >= 0.6 is 0 Å². The van der Waals surface area contributed by atoms with E-state index in [1.165, 1.54) is 6.92 Å². The summed E-state index contributed by atoms with van der Waals surface area (Å²) in [6.07, 6.45) is -0.546. The zero-order valence-corrected chi connectivity index (χ0v) is 6.29. The van der Waals surface area contributed by atoms with E-state index in [2.05, 4.69) is 0 Å². The number of aliphatic hydroxyl groups excluding tert-OH is 1. The van der Waals surface area contributed by atoms with Crippen molar-refractivity contribution >= 4 is 5.91 Å². The quantitative estimate of drug-likeness (QED) is 0.475. The van der Waals surface area contributed by atoms with Gasteiger partial charge in [0.05, 0.1) is 6.10 Å². The molecule has 1 amide bonds. The lowest BCUT2D eigenvalue weighted by Crippen LogP contribution is -2.58. The number of carbonyl (C=O) groups excluding carboxylic acids is 1. The van der Waals surface area contributed by atoms with E-state index in [0.29, 0.717) is 6.42 Å².